The highest BCUT2D eigenvalue weighted by molar-refractivity contribution is 7.93. The molecule has 0 aliphatic carbocycles. The lowest BCUT2D eigenvalue weighted by Gasteiger charge is -2.19. The van der Waals surface area contributed by atoms with Crippen molar-refractivity contribution >= 4 is 15.7 Å². The third-order valence-corrected chi connectivity index (χ3v) is 5.72. The molecule has 1 aliphatic heterocycles. The molecule has 6 heteroatoms. The predicted molar refractivity (Wildman–Crippen MR) is 75.4 cm³/mol. The van der Waals surface area contributed by atoms with E-state index in [1.54, 1.807) is 13.8 Å². The van der Waals surface area contributed by atoms with Gasteiger partial charge in [-0.25, -0.2) is 8.42 Å². The van der Waals surface area contributed by atoms with Gasteiger partial charge in [-0.3, -0.25) is 4.31 Å². The third-order valence-electron chi connectivity index (χ3n) is 3.69. The number of hydrogen-bond acceptors (Lipinski definition) is 4. The molecule has 106 valence electrons. The zero-order chi connectivity index (χ0) is 14.5. The molecule has 0 amide bonds. The van der Waals surface area contributed by atoms with E-state index >= 15 is 0 Å². The number of para-hydroxylation sites is 1. The molecule has 1 aromatic carbocycles. The van der Waals surface area contributed by atoms with Gasteiger partial charge >= 0.3 is 0 Å². The topological polar surface area (TPSA) is 63.4 Å². The quantitative estimate of drug-likeness (QED) is 0.853. The fourth-order valence-corrected chi connectivity index (χ4v) is 4.63. The van der Waals surface area contributed by atoms with Crippen LogP contribution in [-0.4, -0.2) is 20.1 Å². The third kappa shape index (κ3) is 1.75. The summed E-state index contributed by atoms with van der Waals surface area (Å²) in [5, 5.41) is 3.75. The highest BCUT2D eigenvalue weighted by Gasteiger charge is 2.37. The number of nitrogens with zero attached hydrogens (tertiary/aromatic N) is 2. The molecule has 3 rings (SSSR count). The Kier molecular flexibility index (Phi) is 2.86. The van der Waals surface area contributed by atoms with Gasteiger partial charge in [-0.05, 0) is 25.5 Å². The molecule has 0 N–H and O–H groups in total. The van der Waals surface area contributed by atoms with Crippen LogP contribution in [0.15, 0.2) is 33.7 Å². The van der Waals surface area contributed by atoms with Crippen molar-refractivity contribution in [2.45, 2.75) is 31.6 Å². The molecule has 0 saturated heterocycles. The van der Waals surface area contributed by atoms with E-state index < -0.39 is 10.0 Å². The summed E-state index contributed by atoms with van der Waals surface area (Å²) in [5.41, 5.74) is 2.21. The number of sulfonamides is 1. The Balaban J connectivity index is 2.16. The van der Waals surface area contributed by atoms with Gasteiger partial charge in [0.15, 0.2) is 10.7 Å². The summed E-state index contributed by atoms with van der Waals surface area (Å²) in [4.78, 5) is 0.182. The minimum Gasteiger partial charge on any atom is -0.360 e. The van der Waals surface area contributed by atoms with Gasteiger partial charge in [-0.15, -0.1) is 0 Å². The minimum atomic E-state index is -3.63. The molecule has 0 fully saturated rings. The molecule has 1 aliphatic rings. The molecule has 0 bridgehead atoms. The van der Waals surface area contributed by atoms with E-state index in [9.17, 15) is 8.42 Å². The highest BCUT2D eigenvalue weighted by atomic mass is 32.2. The Morgan fingerprint density at radius 2 is 2.00 bits per heavy atom. The van der Waals surface area contributed by atoms with E-state index in [0.29, 0.717) is 18.0 Å². The lowest BCUT2D eigenvalue weighted by molar-refractivity contribution is 0.390. The van der Waals surface area contributed by atoms with Crippen LogP contribution in [0.3, 0.4) is 0 Å². The van der Waals surface area contributed by atoms with Crippen LogP contribution in [0.4, 0.5) is 5.69 Å². The summed E-state index contributed by atoms with van der Waals surface area (Å²) in [5.74, 6) is 0.515. The Morgan fingerprint density at radius 3 is 2.65 bits per heavy atom. The van der Waals surface area contributed by atoms with Crippen LogP contribution < -0.4 is 4.31 Å². The maximum atomic E-state index is 12.9. The summed E-state index contributed by atoms with van der Waals surface area (Å²) in [7, 11) is -3.63. The van der Waals surface area contributed by atoms with Crippen LogP contribution in [-0.2, 0) is 10.0 Å². The van der Waals surface area contributed by atoms with Gasteiger partial charge < -0.3 is 4.52 Å². The van der Waals surface area contributed by atoms with Crippen molar-refractivity contribution in [2.24, 2.45) is 0 Å². The fourth-order valence-electron chi connectivity index (χ4n) is 2.76. The zero-order valence-electron chi connectivity index (χ0n) is 11.6. The molecule has 0 spiro atoms. The molecule has 0 saturated carbocycles. The number of rotatable bonds is 2. The molecule has 2 heterocycles. The number of aryl methyl sites for hydroxylation is 2. The molecule has 5 nitrogen and oxygen atoms in total. The van der Waals surface area contributed by atoms with Crippen molar-refractivity contribution < 1.29 is 12.9 Å². The Labute approximate surface area is 118 Å². The van der Waals surface area contributed by atoms with Crippen LogP contribution in [0.2, 0.25) is 0 Å². The van der Waals surface area contributed by atoms with Crippen molar-refractivity contribution in [3.8, 4) is 0 Å². The van der Waals surface area contributed by atoms with Crippen molar-refractivity contribution in [1.29, 1.82) is 0 Å². The fraction of sp³-hybridized carbons (Fsp3) is 0.357. The second kappa shape index (κ2) is 4.34. The van der Waals surface area contributed by atoms with Gasteiger partial charge in [-0.2, -0.15) is 0 Å². The molecule has 20 heavy (non-hydrogen) atoms. The average Bonchev–Trinajstić information content (AvgIpc) is 2.92. The maximum absolute atomic E-state index is 12.9. The van der Waals surface area contributed by atoms with E-state index in [0.717, 1.165) is 11.3 Å². The van der Waals surface area contributed by atoms with Gasteiger partial charge in [0.1, 0.15) is 5.69 Å². The highest BCUT2D eigenvalue weighted by Crippen LogP contribution is 2.39. The number of anilines is 1. The van der Waals surface area contributed by atoms with E-state index in [1.807, 2.05) is 31.2 Å². The van der Waals surface area contributed by atoms with Crippen molar-refractivity contribution in [2.75, 3.05) is 10.8 Å². The molecule has 1 atom stereocenters. The van der Waals surface area contributed by atoms with Crippen molar-refractivity contribution in [3.05, 3.63) is 41.3 Å². The lowest BCUT2D eigenvalue weighted by atomic mass is 10.0. The number of benzene rings is 1. The maximum Gasteiger partial charge on any atom is 0.269 e. The molecule has 1 aromatic heterocycles. The first-order chi connectivity index (χ1) is 9.43. The van der Waals surface area contributed by atoms with Crippen LogP contribution in [0.1, 0.15) is 29.9 Å². The number of hydrogen-bond donors (Lipinski definition) is 0. The van der Waals surface area contributed by atoms with Gasteiger partial charge in [0.25, 0.3) is 10.0 Å². The standard InChI is InChI=1S/C14H16N2O3S/c1-9-8-16(13-7-5-4-6-12(9)13)20(17,18)14-10(2)15-19-11(14)3/h4-7,9H,8H2,1-3H3. The van der Waals surface area contributed by atoms with E-state index in [4.69, 9.17) is 4.52 Å². The summed E-state index contributed by atoms with van der Waals surface area (Å²) in [6, 6.07) is 7.60. The second-order valence-electron chi connectivity index (χ2n) is 5.15. The van der Waals surface area contributed by atoms with Crippen LogP contribution >= 0.6 is 0 Å². The number of aromatic nitrogens is 1. The average molecular weight is 292 g/mol. The monoisotopic (exact) mass is 292 g/mol. The summed E-state index contributed by atoms with van der Waals surface area (Å²) in [6.45, 7) is 5.75. The summed E-state index contributed by atoms with van der Waals surface area (Å²) < 4.78 is 32.2. The summed E-state index contributed by atoms with van der Waals surface area (Å²) >= 11 is 0. The van der Waals surface area contributed by atoms with Gasteiger partial charge in [-0.1, -0.05) is 30.3 Å². The Morgan fingerprint density at radius 1 is 1.30 bits per heavy atom. The van der Waals surface area contributed by atoms with Gasteiger partial charge in [0, 0.05) is 12.5 Å². The lowest BCUT2D eigenvalue weighted by Crippen LogP contribution is -2.30. The zero-order valence-corrected chi connectivity index (χ0v) is 12.4. The number of fused-ring (bicyclic) bond motifs is 1. The first kappa shape index (κ1) is 13.2. The second-order valence-corrected chi connectivity index (χ2v) is 6.95. The summed E-state index contributed by atoms with van der Waals surface area (Å²) in [6.07, 6.45) is 0. The SMILES string of the molecule is Cc1noc(C)c1S(=O)(=O)N1CC(C)c2ccccc21. The Bertz CT molecular complexity index is 745. The van der Waals surface area contributed by atoms with Crippen molar-refractivity contribution in [3.63, 3.8) is 0 Å². The minimum absolute atomic E-state index is 0.182. The molecule has 1 unspecified atom stereocenters. The molecule has 0 radical (unpaired) electrons. The van der Waals surface area contributed by atoms with Crippen LogP contribution in [0.25, 0.3) is 0 Å². The van der Waals surface area contributed by atoms with E-state index in [1.165, 1.54) is 4.31 Å². The van der Waals surface area contributed by atoms with Gasteiger partial charge in [0.2, 0.25) is 0 Å². The smallest absolute Gasteiger partial charge is 0.269 e. The van der Waals surface area contributed by atoms with Crippen molar-refractivity contribution in [1.82, 2.24) is 5.16 Å². The molecule has 2 aromatic rings. The first-order valence-electron chi connectivity index (χ1n) is 6.47. The molecular formula is C14H16N2O3S. The van der Waals surface area contributed by atoms with Gasteiger partial charge in [0.05, 0.1) is 5.69 Å². The van der Waals surface area contributed by atoms with Crippen LogP contribution in [0.5, 0.6) is 0 Å². The largest absolute Gasteiger partial charge is 0.360 e. The van der Waals surface area contributed by atoms with Crippen LogP contribution in [0, 0.1) is 13.8 Å². The first-order valence-corrected chi connectivity index (χ1v) is 7.91. The Hall–Kier alpha value is -1.82. The van der Waals surface area contributed by atoms with E-state index in [-0.39, 0.29) is 10.8 Å². The molecular weight excluding hydrogens is 276 g/mol. The van der Waals surface area contributed by atoms with E-state index in [2.05, 4.69) is 5.16 Å². The normalized spacial score (nSPS) is 18.4. The predicted octanol–water partition coefficient (Wildman–Crippen LogP) is 2.60.